The second kappa shape index (κ2) is 4.10. The number of nitriles is 2. The summed E-state index contributed by atoms with van der Waals surface area (Å²) in [5.74, 6) is 5.25. The number of hydrazine groups is 1. The number of nitrogens with zero attached hydrogens (tertiary/aromatic N) is 2. The zero-order valence-corrected chi connectivity index (χ0v) is 6.91. The Balaban J connectivity index is 3.22. The number of nitrogen functional groups attached to an aromatic ring is 1. The molecule has 1 aromatic rings. The van der Waals surface area contributed by atoms with E-state index in [4.69, 9.17) is 16.4 Å². The largest absolute Gasteiger partial charge is 0.323 e. The Labute approximate surface area is 76.2 Å². The van der Waals surface area contributed by atoms with Crippen molar-refractivity contribution in [1.29, 1.82) is 10.5 Å². The van der Waals surface area contributed by atoms with Crippen LogP contribution in [0.2, 0.25) is 0 Å². The first-order chi connectivity index (χ1) is 6.33. The lowest BCUT2D eigenvalue weighted by molar-refractivity contribution is 1.22. The molecule has 0 aromatic heterocycles. The molecule has 13 heavy (non-hydrogen) atoms. The van der Waals surface area contributed by atoms with Crippen LogP contribution in [0.15, 0.2) is 18.2 Å². The molecule has 0 atom stereocenters. The van der Waals surface area contributed by atoms with Gasteiger partial charge < -0.3 is 5.43 Å². The van der Waals surface area contributed by atoms with E-state index >= 15 is 0 Å². The molecule has 1 aromatic carbocycles. The van der Waals surface area contributed by atoms with E-state index in [2.05, 4.69) is 5.43 Å². The second-order valence-electron chi connectivity index (χ2n) is 2.43. The Hall–Kier alpha value is -2.04. The Kier molecular flexibility index (Phi) is 2.86. The SMILES string of the molecule is N#CCc1cccc(C#N)c1NN. The minimum absolute atomic E-state index is 0.245. The van der Waals surface area contributed by atoms with Crippen LogP contribution in [-0.4, -0.2) is 0 Å². The fourth-order valence-corrected chi connectivity index (χ4v) is 1.10. The summed E-state index contributed by atoms with van der Waals surface area (Å²) < 4.78 is 0. The summed E-state index contributed by atoms with van der Waals surface area (Å²) in [5.41, 5.74) is 4.15. The number of anilines is 1. The number of hydrogen-bond acceptors (Lipinski definition) is 4. The van der Waals surface area contributed by atoms with Gasteiger partial charge in [0.25, 0.3) is 0 Å². The van der Waals surface area contributed by atoms with Crippen molar-refractivity contribution >= 4 is 5.69 Å². The van der Waals surface area contributed by atoms with Crippen molar-refractivity contribution < 1.29 is 0 Å². The van der Waals surface area contributed by atoms with Crippen LogP contribution in [-0.2, 0) is 6.42 Å². The minimum atomic E-state index is 0.245. The fourth-order valence-electron chi connectivity index (χ4n) is 1.10. The highest BCUT2D eigenvalue weighted by Crippen LogP contribution is 2.19. The van der Waals surface area contributed by atoms with Crippen molar-refractivity contribution in [3.05, 3.63) is 29.3 Å². The van der Waals surface area contributed by atoms with Crippen molar-refractivity contribution in [2.45, 2.75) is 6.42 Å². The Morgan fingerprint density at radius 1 is 1.38 bits per heavy atom. The molecule has 0 spiro atoms. The van der Waals surface area contributed by atoms with E-state index in [1.165, 1.54) is 0 Å². The maximum atomic E-state index is 8.71. The van der Waals surface area contributed by atoms with Crippen LogP contribution in [0.3, 0.4) is 0 Å². The van der Waals surface area contributed by atoms with E-state index in [0.717, 1.165) is 5.56 Å². The Morgan fingerprint density at radius 2 is 2.15 bits per heavy atom. The molecule has 0 saturated carbocycles. The topological polar surface area (TPSA) is 85.6 Å². The molecule has 0 aliphatic carbocycles. The summed E-state index contributed by atoms with van der Waals surface area (Å²) in [6.45, 7) is 0. The van der Waals surface area contributed by atoms with Gasteiger partial charge in [0.1, 0.15) is 6.07 Å². The third kappa shape index (κ3) is 1.76. The highest BCUT2D eigenvalue weighted by molar-refractivity contribution is 5.62. The second-order valence-corrected chi connectivity index (χ2v) is 2.43. The fraction of sp³-hybridized carbons (Fsp3) is 0.111. The Morgan fingerprint density at radius 3 is 2.69 bits per heavy atom. The van der Waals surface area contributed by atoms with E-state index in [1.54, 1.807) is 18.2 Å². The number of nitrogens with two attached hydrogens (primary N) is 1. The summed E-state index contributed by atoms with van der Waals surface area (Å²) in [5, 5.41) is 17.2. The molecule has 0 bridgehead atoms. The molecule has 0 aliphatic heterocycles. The maximum Gasteiger partial charge on any atom is 0.101 e. The molecule has 4 heteroatoms. The van der Waals surface area contributed by atoms with E-state index in [0.29, 0.717) is 11.3 Å². The first kappa shape index (κ1) is 9.05. The van der Waals surface area contributed by atoms with Crippen molar-refractivity contribution in [2.24, 2.45) is 5.84 Å². The van der Waals surface area contributed by atoms with Crippen LogP contribution in [0.25, 0.3) is 0 Å². The van der Waals surface area contributed by atoms with Crippen LogP contribution in [0.4, 0.5) is 5.69 Å². The first-order valence-electron chi connectivity index (χ1n) is 3.69. The lowest BCUT2D eigenvalue weighted by Gasteiger charge is -2.06. The molecule has 0 heterocycles. The van der Waals surface area contributed by atoms with Crippen LogP contribution in [0.5, 0.6) is 0 Å². The van der Waals surface area contributed by atoms with Gasteiger partial charge in [-0.3, -0.25) is 5.84 Å². The summed E-state index contributed by atoms with van der Waals surface area (Å²) in [6.07, 6.45) is 0.245. The van der Waals surface area contributed by atoms with Gasteiger partial charge in [-0.1, -0.05) is 12.1 Å². The standard InChI is InChI=1S/C9H8N4/c10-5-4-7-2-1-3-8(6-11)9(7)13-12/h1-3,13H,4,12H2. The summed E-state index contributed by atoms with van der Waals surface area (Å²) in [4.78, 5) is 0. The van der Waals surface area contributed by atoms with E-state index < -0.39 is 0 Å². The Bertz CT molecular complexity index is 384. The van der Waals surface area contributed by atoms with E-state index in [9.17, 15) is 0 Å². The molecule has 0 saturated heterocycles. The quantitative estimate of drug-likeness (QED) is 0.512. The lowest BCUT2D eigenvalue weighted by Crippen LogP contribution is -2.10. The van der Waals surface area contributed by atoms with Gasteiger partial charge in [0.05, 0.1) is 23.7 Å². The number of rotatable bonds is 2. The molecule has 1 rings (SSSR count). The first-order valence-corrected chi connectivity index (χ1v) is 3.69. The maximum absolute atomic E-state index is 8.71. The monoisotopic (exact) mass is 172 g/mol. The van der Waals surface area contributed by atoms with Gasteiger partial charge in [-0.05, 0) is 11.6 Å². The van der Waals surface area contributed by atoms with Gasteiger partial charge in [0, 0.05) is 0 Å². The van der Waals surface area contributed by atoms with Gasteiger partial charge in [0.15, 0.2) is 0 Å². The van der Waals surface area contributed by atoms with Crippen molar-refractivity contribution in [2.75, 3.05) is 5.43 Å². The summed E-state index contributed by atoms with van der Waals surface area (Å²) in [6, 6.07) is 9.14. The molecule has 0 fully saturated rings. The van der Waals surface area contributed by atoms with Crippen molar-refractivity contribution in [3.8, 4) is 12.1 Å². The normalized spacial score (nSPS) is 8.54. The van der Waals surface area contributed by atoms with Gasteiger partial charge in [0.2, 0.25) is 0 Å². The van der Waals surface area contributed by atoms with Gasteiger partial charge in [-0.15, -0.1) is 0 Å². The minimum Gasteiger partial charge on any atom is -0.323 e. The molecular formula is C9H8N4. The zero-order valence-electron chi connectivity index (χ0n) is 6.91. The molecule has 0 amide bonds. The molecular weight excluding hydrogens is 164 g/mol. The molecule has 4 nitrogen and oxygen atoms in total. The molecule has 0 unspecified atom stereocenters. The third-order valence-corrected chi connectivity index (χ3v) is 1.69. The van der Waals surface area contributed by atoms with Crippen molar-refractivity contribution in [3.63, 3.8) is 0 Å². The number of nitrogens with one attached hydrogen (secondary N) is 1. The summed E-state index contributed by atoms with van der Waals surface area (Å²) in [7, 11) is 0. The third-order valence-electron chi connectivity index (χ3n) is 1.69. The number of benzene rings is 1. The molecule has 0 radical (unpaired) electrons. The predicted molar refractivity (Wildman–Crippen MR) is 48.3 cm³/mol. The van der Waals surface area contributed by atoms with Crippen molar-refractivity contribution in [1.82, 2.24) is 0 Å². The highest BCUT2D eigenvalue weighted by atomic mass is 15.2. The molecule has 3 N–H and O–H groups in total. The lowest BCUT2D eigenvalue weighted by atomic mass is 10.1. The summed E-state index contributed by atoms with van der Waals surface area (Å²) >= 11 is 0. The molecule has 0 aliphatic rings. The highest BCUT2D eigenvalue weighted by Gasteiger charge is 2.05. The van der Waals surface area contributed by atoms with E-state index in [-0.39, 0.29) is 6.42 Å². The van der Waals surface area contributed by atoms with Gasteiger partial charge in [-0.25, -0.2) is 0 Å². The van der Waals surface area contributed by atoms with Gasteiger partial charge in [-0.2, -0.15) is 10.5 Å². The average molecular weight is 172 g/mol. The molecule has 64 valence electrons. The predicted octanol–water partition coefficient (Wildman–Crippen LogP) is 0.910. The zero-order chi connectivity index (χ0) is 9.68. The number of para-hydroxylation sites is 1. The smallest absolute Gasteiger partial charge is 0.101 e. The van der Waals surface area contributed by atoms with Gasteiger partial charge >= 0.3 is 0 Å². The number of hydrogen-bond donors (Lipinski definition) is 2. The van der Waals surface area contributed by atoms with Crippen LogP contribution < -0.4 is 11.3 Å². The van der Waals surface area contributed by atoms with Crippen LogP contribution in [0.1, 0.15) is 11.1 Å². The van der Waals surface area contributed by atoms with E-state index in [1.807, 2.05) is 12.1 Å². The van der Waals surface area contributed by atoms with Crippen LogP contribution in [0, 0.1) is 22.7 Å². The average Bonchev–Trinajstić information content (AvgIpc) is 2.18. The van der Waals surface area contributed by atoms with Crippen LogP contribution >= 0.6 is 0 Å².